The van der Waals surface area contributed by atoms with Gasteiger partial charge in [-0.05, 0) is 39.1 Å². The summed E-state index contributed by atoms with van der Waals surface area (Å²) in [5.74, 6) is 0. The average molecular weight is 296 g/mol. The molecule has 0 atom stereocenters. The highest BCUT2D eigenvalue weighted by Crippen LogP contribution is 2.29. The molecule has 0 saturated carbocycles. The van der Waals surface area contributed by atoms with Crippen LogP contribution in [0.2, 0.25) is 0 Å². The summed E-state index contributed by atoms with van der Waals surface area (Å²) >= 11 is 0. The van der Waals surface area contributed by atoms with Gasteiger partial charge in [-0.15, -0.1) is 0 Å². The van der Waals surface area contributed by atoms with Gasteiger partial charge in [0.25, 0.3) is 0 Å². The predicted octanol–water partition coefficient (Wildman–Crippen LogP) is 4.05. The van der Waals surface area contributed by atoms with E-state index < -0.39 is 0 Å². The summed E-state index contributed by atoms with van der Waals surface area (Å²) in [4.78, 5) is 4.84. The summed E-state index contributed by atoms with van der Waals surface area (Å²) in [6.45, 7) is 6.69. The van der Waals surface area contributed by atoms with Gasteiger partial charge in [0, 0.05) is 19.1 Å². The van der Waals surface area contributed by atoms with Gasteiger partial charge in [0.15, 0.2) is 0 Å². The Bertz CT molecular complexity index is 495. The molecule has 0 fully saturated rings. The van der Waals surface area contributed by atoms with Gasteiger partial charge in [-0.3, -0.25) is 4.90 Å². The van der Waals surface area contributed by atoms with Crippen LogP contribution < -0.4 is 0 Å². The molecule has 0 N–H and O–H groups in total. The predicted molar refractivity (Wildman–Crippen MR) is 95.1 cm³/mol. The van der Waals surface area contributed by atoms with Gasteiger partial charge in [0.05, 0.1) is 6.04 Å². The smallest absolute Gasteiger partial charge is 0.0604 e. The standard InChI is InChI=1S/C20H28N2/c1-17(2)22(16-15-21(3)4)20(18-11-7-5-8-12-18)19-13-9-6-10-14-19/h5-14,17,20H,15-16H2,1-4H3. The topological polar surface area (TPSA) is 6.48 Å². The first kappa shape index (κ1) is 16.7. The molecule has 0 aliphatic carbocycles. The third-order valence-electron chi connectivity index (χ3n) is 4.03. The molecular weight excluding hydrogens is 268 g/mol. The fourth-order valence-corrected chi connectivity index (χ4v) is 2.85. The third kappa shape index (κ3) is 4.43. The van der Waals surface area contributed by atoms with Crippen LogP contribution in [0.25, 0.3) is 0 Å². The lowest BCUT2D eigenvalue weighted by Gasteiger charge is -2.36. The van der Waals surface area contributed by atoms with E-state index in [4.69, 9.17) is 0 Å². The van der Waals surface area contributed by atoms with Gasteiger partial charge in [0.2, 0.25) is 0 Å². The molecule has 0 aliphatic rings. The van der Waals surface area contributed by atoms with E-state index in [1.807, 2.05) is 0 Å². The Kier molecular flexibility index (Phi) is 6.17. The molecule has 2 heteroatoms. The van der Waals surface area contributed by atoms with Crippen molar-refractivity contribution in [3.63, 3.8) is 0 Å². The maximum absolute atomic E-state index is 2.59. The number of hydrogen-bond donors (Lipinski definition) is 0. The lowest BCUT2D eigenvalue weighted by Crippen LogP contribution is -2.40. The van der Waals surface area contributed by atoms with E-state index in [1.54, 1.807) is 0 Å². The number of hydrogen-bond acceptors (Lipinski definition) is 2. The zero-order valence-electron chi connectivity index (χ0n) is 14.2. The van der Waals surface area contributed by atoms with Crippen molar-refractivity contribution in [2.24, 2.45) is 0 Å². The van der Waals surface area contributed by atoms with Gasteiger partial charge in [-0.2, -0.15) is 0 Å². The highest BCUT2D eigenvalue weighted by Gasteiger charge is 2.24. The van der Waals surface area contributed by atoms with E-state index in [0.717, 1.165) is 13.1 Å². The van der Waals surface area contributed by atoms with E-state index in [2.05, 4.69) is 98.4 Å². The highest BCUT2D eigenvalue weighted by molar-refractivity contribution is 5.32. The average Bonchev–Trinajstić information content (AvgIpc) is 2.52. The zero-order valence-corrected chi connectivity index (χ0v) is 14.2. The van der Waals surface area contributed by atoms with Crippen molar-refractivity contribution in [2.45, 2.75) is 25.9 Å². The van der Waals surface area contributed by atoms with E-state index >= 15 is 0 Å². The summed E-state index contributed by atoms with van der Waals surface area (Å²) in [6.07, 6.45) is 0. The van der Waals surface area contributed by atoms with Crippen molar-refractivity contribution in [3.05, 3.63) is 71.8 Å². The van der Waals surface area contributed by atoms with Crippen molar-refractivity contribution >= 4 is 0 Å². The van der Waals surface area contributed by atoms with Gasteiger partial charge in [-0.1, -0.05) is 60.7 Å². The molecule has 0 aromatic heterocycles. The Hall–Kier alpha value is -1.64. The molecule has 2 nitrogen and oxygen atoms in total. The van der Waals surface area contributed by atoms with E-state index in [-0.39, 0.29) is 0 Å². The molecule has 22 heavy (non-hydrogen) atoms. The number of likely N-dealkylation sites (N-methyl/N-ethyl adjacent to an activating group) is 1. The van der Waals surface area contributed by atoms with Gasteiger partial charge in [0.1, 0.15) is 0 Å². The van der Waals surface area contributed by atoms with Crippen molar-refractivity contribution in [3.8, 4) is 0 Å². The molecule has 2 rings (SSSR count). The summed E-state index contributed by atoms with van der Waals surface area (Å²) < 4.78 is 0. The van der Waals surface area contributed by atoms with Crippen molar-refractivity contribution in [1.29, 1.82) is 0 Å². The molecule has 118 valence electrons. The van der Waals surface area contributed by atoms with E-state index in [9.17, 15) is 0 Å². The summed E-state index contributed by atoms with van der Waals surface area (Å²) in [5, 5.41) is 0. The van der Waals surface area contributed by atoms with Gasteiger partial charge in [-0.25, -0.2) is 0 Å². The van der Waals surface area contributed by atoms with E-state index in [1.165, 1.54) is 11.1 Å². The maximum atomic E-state index is 2.59. The van der Waals surface area contributed by atoms with Crippen LogP contribution in [0.15, 0.2) is 60.7 Å². The number of benzene rings is 2. The normalized spacial score (nSPS) is 11.8. The fraction of sp³-hybridized carbons (Fsp3) is 0.400. The SMILES string of the molecule is CC(C)N(CCN(C)C)C(c1ccccc1)c1ccccc1. The highest BCUT2D eigenvalue weighted by atomic mass is 15.2. The van der Waals surface area contributed by atoms with Crippen LogP contribution in [0, 0.1) is 0 Å². The minimum absolute atomic E-state index is 0.308. The Labute approximate surface area is 135 Å². The minimum atomic E-state index is 0.308. The van der Waals surface area contributed by atoms with Gasteiger partial charge < -0.3 is 4.90 Å². The Balaban J connectivity index is 2.37. The summed E-state index contributed by atoms with van der Waals surface area (Å²) in [5.41, 5.74) is 2.72. The molecule has 0 saturated heterocycles. The summed E-state index contributed by atoms with van der Waals surface area (Å²) in [7, 11) is 4.27. The second kappa shape index (κ2) is 8.11. The molecule has 0 amide bonds. The monoisotopic (exact) mass is 296 g/mol. The fourth-order valence-electron chi connectivity index (χ4n) is 2.85. The molecular formula is C20H28N2. The van der Waals surface area contributed by atoms with Crippen LogP contribution in [0.4, 0.5) is 0 Å². The van der Waals surface area contributed by atoms with Crippen molar-refractivity contribution in [2.75, 3.05) is 27.2 Å². The van der Waals surface area contributed by atoms with E-state index in [0.29, 0.717) is 12.1 Å². The molecule has 0 aliphatic heterocycles. The molecule has 0 radical (unpaired) electrons. The molecule has 0 unspecified atom stereocenters. The Morgan fingerprint density at radius 1 is 0.727 bits per heavy atom. The largest absolute Gasteiger partial charge is 0.308 e. The Morgan fingerprint density at radius 3 is 1.55 bits per heavy atom. The van der Waals surface area contributed by atoms with Crippen LogP contribution in [-0.2, 0) is 0 Å². The van der Waals surface area contributed by atoms with Crippen LogP contribution >= 0.6 is 0 Å². The molecule has 0 spiro atoms. The lowest BCUT2D eigenvalue weighted by atomic mass is 9.96. The van der Waals surface area contributed by atoms with Crippen LogP contribution in [-0.4, -0.2) is 43.0 Å². The first-order valence-corrected chi connectivity index (χ1v) is 8.10. The number of nitrogens with zero attached hydrogens (tertiary/aromatic N) is 2. The molecule has 2 aromatic rings. The molecule has 0 heterocycles. The first-order valence-electron chi connectivity index (χ1n) is 8.10. The van der Waals surface area contributed by atoms with Crippen molar-refractivity contribution in [1.82, 2.24) is 9.80 Å². The first-order chi connectivity index (χ1) is 10.6. The Morgan fingerprint density at radius 2 is 1.18 bits per heavy atom. The quantitative estimate of drug-likeness (QED) is 0.760. The summed E-state index contributed by atoms with van der Waals surface area (Å²) in [6, 6.07) is 22.5. The third-order valence-corrected chi connectivity index (χ3v) is 4.03. The maximum Gasteiger partial charge on any atom is 0.0604 e. The van der Waals surface area contributed by atoms with Crippen molar-refractivity contribution < 1.29 is 0 Å². The molecule has 2 aromatic carbocycles. The van der Waals surface area contributed by atoms with Crippen LogP contribution in [0.3, 0.4) is 0 Å². The lowest BCUT2D eigenvalue weighted by molar-refractivity contribution is 0.161. The van der Waals surface area contributed by atoms with Crippen LogP contribution in [0.5, 0.6) is 0 Å². The minimum Gasteiger partial charge on any atom is -0.308 e. The zero-order chi connectivity index (χ0) is 15.9. The van der Waals surface area contributed by atoms with Gasteiger partial charge >= 0.3 is 0 Å². The van der Waals surface area contributed by atoms with Crippen LogP contribution in [0.1, 0.15) is 31.0 Å². The second-order valence-electron chi connectivity index (χ2n) is 6.36. The molecule has 0 bridgehead atoms. The second-order valence-corrected chi connectivity index (χ2v) is 6.36. The number of rotatable bonds is 7.